The molecule has 17 heavy (non-hydrogen) atoms. The molecule has 0 amide bonds. The van der Waals surface area contributed by atoms with E-state index in [2.05, 4.69) is 39.8 Å². The predicted octanol–water partition coefficient (Wildman–Crippen LogP) is 2.84. The lowest BCUT2D eigenvalue weighted by Gasteiger charge is -2.24. The molecular formula is C13H17N3S. The van der Waals surface area contributed by atoms with Gasteiger partial charge < -0.3 is 5.32 Å². The lowest BCUT2D eigenvalue weighted by molar-refractivity contribution is 0.342. The summed E-state index contributed by atoms with van der Waals surface area (Å²) in [6.45, 7) is 4.34. The Bertz CT molecular complexity index is 481. The maximum atomic E-state index is 4.76. The van der Waals surface area contributed by atoms with Gasteiger partial charge in [0.2, 0.25) is 0 Å². The fourth-order valence-corrected chi connectivity index (χ4v) is 3.10. The van der Waals surface area contributed by atoms with Gasteiger partial charge in [-0.2, -0.15) is 16.4 Å². The number of nitrogens with zero attached hydrogens (tertiary/aromatic N) is 2. The van der Waals surface area contributed by atoms with Gasteiger partial charge in [0.15, 0.2) is 0 Å². The van der Waals surface area contributed by atoms with Crippen LogP contribution in [-0.2, 0) is 0 Å². The van der Waals surface area contributed by atoms with Crippen molar-refractivity contribution in [3.05, 3.63) is 28.6 Å². The monoisotopic (exact) mass is 247 g/mol. The highest BCUT2D eigenvalue weighted by Gasteiger charge is 2.18. The number of hydrogen-bond donors (Lipinski definition) is 1. The second-order valence-electron chi connectivity index (χ2n) is 4.63. The third-order valence-corrected chi connectivity index (χ3v) is 4.04. The Labute approximate surface area is 105 Å². The summed E-state index contributed by atoms with van der Waals surface area (Å²) >= 11 is 1.72. The van der Waals surface area contributed by atoms with Crippen LogP contribution in [-0.4, -0.2) is 22.9 Å². The quantitative estimate of drug-likeness (QED) is 0.884. The molecule has 3 rings (SSSR count). The van der Waals surface area contributed by atoms with Crippen LogP contribution in [0.4, 0.5) is 0 Å². The van der Waals surface area contributed by atoms with Crippen LogP contribution in [0.3, 0.4) is 0 Å². The first kappa shape index (κ1) is 11.0. The van der Waals surface area contributed by atoms with Crippen molar-refractivity contribution >= 4 is 11.3 Å². The molecule has 0 bridgehead atoms. The Morgan fingerprint density at radius 1 is 1.53 bits per heavy atom. The fourth-order valence-electron chi connectivity index (χ4n) is 2.45. The second kappa shape index (κ2) is 4.63. The summed E-state index contributed by atoms with van der Waals surface area (Å²) in [5, 5.41) is 12.5. The molecule has 2 aromatic rings. The fraction of sp³-hybridized carbons (Fsp3) is 0.462. The molecule has 4 heteroatoms. The first-order valence-electron chi connectivity index (χ1n) is 6.14. The van der Waals surface area contributed by atoms with Gasteiger partial charge in [-0.15, -0.1) is 0 Å². The van der Waals surface area contributed by atoms with E-state index in [1.165, 1.54) is 24.1 Å². The van der Waals surface area contributed by atoms with Crippen molar-refractivity contribution in [1.82, 2.24) is 15.1 Å². The molecule has 0 radical (unpaired) electrons. The first-order chi connectivity index (χ1) is 8.34. The zero-order chi connectivity index (χ0) is 11.7. The van der Waals surface area contributed by atoms with Gasteiger partial charge in [-0.3, -0.25) is 4.68 Å². The van der Waals surface area contributed by atoms with Gasteiger partial charge in [-0.25, -0.2) is 0 Å². The Kier molecular flexibility index (Phi) is 2.99. The van der Waals surface area contributed by atoms with E-state index in [-0.39, 0.29) is 0 Å². The Hall–Kier alpha value is -1.13. The highest BCUT2D eigenvalue weighted by molar-refractivity contribution is 7.08. The van der Waals surface area contributed by atoms with Crippen LogP contribution in [0, 0.1) is 6.92 Å². The van der Waals surface area contributed by atoms with E-state index in [0.717, 1.165) is 18.8 Å². The normalized spacial score (nSPS) is 20.6. The molecular weight excluding hydrogens is 230 g/mol. The van der Waals surface area contributed by atoms with Crippen molar-refractivity contribution in [2.75, 3.05) is 13.1 Å². The van der Waals surface area contributed by atoms with E-state index in [4.69, 9.17) is 5.10 Å². The number of rotatable bonds is 2. The summed E-state index contributed by atoms with van der Waals surface area (Å²) in [6.07, 6.45) is 2.48. The van der Waals surface area contributed by atoms with Gasteiger partial charge in [-0.1, -0.05) is 0 Å². The number of aryl methyl sites for hydroxylation is 1. The molecule has 1 atom stereocenters. The molecule has 0 saturated carbocycles. The van der Waals surface area contributed by atoms with E-state index in [1.54, 1.807) is 11.3 Å². The standard InChI is InChI=1S/C13H17N3S/c1-10-7-13(11-4-6-17-9-11)15-16(10)12-3-2-5-14-8-12/h4,6-7,9,12,14H,2-3,5,8H2,1H3. The topological polar surface area (TPSA) is 29.9 Å². The lowest BCUT2D eigenvalue weighted by atomic mass is 10.1. The van der Waals surface area contributed by atoms with E-state index in [9.17, 15) is 0 Å². The molecule has 1 unspecified atom stereocenters. The molecule has 0 aromatic carbocycles. The zero-order valence-electron chi connectivity index (χ0n) is 10.0. The minimum Gasteiger partial charge on any atom is -0.315 e. The Balaban J connectivity index is 1.90. The van der Waals surface area contributed by atoms with Crippen molar-refractivity contribution < 1.29 is 0 Å². The number of piperidine rings is 1. The van der Waals surface area contributed by atoms with Crippen LogP contribution >= 0.6 is 11.3 Å². The van der Waals surface area contributed by atoms with Gasteiger partial charge in [0.05, 0.1) is 11.7 Å². The van der Waals surface area contributed by atoms with Crippen LogP contribution < -0.4 is 5.32 Å². The maximum absolute atomic E-state index is 4.76. The number of thiophene rings is 1. The smallest absolute Gasteiger partial charge is 0.0934 e. The van der Waals surface area contributed by atoms with Crippen LogP contribution in [0.5, 0.6) is 0 Å². The summed E-state index contributed by atoms with van der Waals surface area (Å²) in [4.78, 5) is 0. The SMILES string of the molecule is Cc1cc(-c2ccsc2)nn1C1CCCNC1. The highest BCUT2D eigenvalue weighted by Crippen LogP contribution is 2.25. The van der Waals surface area contributed by atoms with Gasteiger partial charge in [0, 0.05) is 23.2 Å². The second-order valence-corrected chi connectivity index (χ2v) is 5.41. The van der Waals surface area contributed by atoms with Crippen LogP contribution in [0.25, 0.3) is 11.3 Å². The van der Waals surface area contributed by atoms with Crippen molar-refractivity contribution in [3.8, 4) is 11.3 Å². The molecule has 1 aliphatic heterocycles. The van der Waals surface area contributed by atoms with Crippen molar-refractivity contribution in [2.24, 2.45) is 0 Å². The van der Waals surface area contributed by atoms with Crippen molar-refractivity contribution in [2.45, 2.75) is 25.8 Å². The van der Waals surface area contributed by atoms with Gasteiger partial charge in [-0.05, 0) is 43.8 Å². The summed E-state index contributed by atoms with van der Waals surface area (Å²) in [6, 6.07) is 4.85. The average molecular weight is 247 g/mol. The predicted molar refractivity (Wildman–Crippen MR) is 71.4 cm³/mol. The van der Waals surface area contributed by atoms with Crippen LogP contribution in [0.1, 0.15) is 24.6 Å². The molecule has 0 aliphatic carbocycles. The Morgan fingerprint density at radius 3 is 3.18 bits per heavy atom. The van der Waals surface area contributed by atoms with E-state index < -0.39 is 0 Å². The molecule has 3 nitrogen and oxygen atoms in total. The molecule has 90 valence electrons. The number of nitrogens with one attached hydrogen (secondary N) is 1. The van der Waals surface area contributed by atoms with Gasteiger partial charge in [0.25, 0.3) is 0 Å². The summed E-state index contributed by atoms with van der Waals surface area (Å²) in [7, 11) is 0. The van der Waals surface area contributed by atoms with Crippen molar-refractivity contribution in [3.63, 3.8) is 0 Å². The highest BCUT2D eigenvalue weighted by atomic mass is 32.1. The van der Waals surface area contributed by atoms with E-state index in [0.29, 0.717) is 6.04 Å². The lowest BCUT2D eigenvalue weighted by Crippen LogP contribution is -2.32. The van der Waals surface area contributed by atoms with E-state index in [1.807, 2.05) is 0 Å². The first-order valence-corrected chi connectivity index (χ1v) is 7.08. The third kappa shape index (κ3) is 2.15. The average Bonchev–Trinajstić information content (AvgIpc) is 2.99. The molecule has 1 N–H and O–H groups in total. The zero-order valence-corrected chi connectivity index (χ0v) is 10.8. The summed E-state index contributed by atoms with van der Waals surface area (Å²) in [5.41, 5.74) is 3.61. The van der Waals surface area contributed by atoms with Gasteiger partial charge >= 0.3 is 0 Å². The van der Waals surface area contributed by atoms with Gasteiger partial charge in [0.1, 0.15) is 0 Å². The summed E-state index contributed by atoms with van der Waals surface area (Å²) in [5.74, 6) is 0. The molecule has 1 aliphatic rings. The largest absolute Gasteiger partial charge is 0.315 e. The maximum Gasteiger partial charge on any atom is 0.0934 e. The third-order valence-electron chi connectivity index (χ3n) is 3.36. The number of hydrogen-bond acceptors (Lipinski definition) is 3. The molecule has 1 saturated heterocycles. The molecule has 3 heterocycles. The summed E-state index contributed by atoms with van der Waals surface area (Å²) < 4.78 is 2.19. The molecule has 0 spiro atoms. The minimum absolute atomic E-state index is 0.524. The Morgan fingerprint density at radius 2 is 2.47 bits per heavy atom. The molecule has 1 fully saturated rings. The van der Waals surface area contributed by atoms with Crippen LogP contribution in [0.15, 0.2) is 22.9 Å². The van der Waals surface area contributed by atoms with Crippen molar-refractivity contribution in [1.29, 1.82) is 0 Å². The molecule has 2 aromatic heterocycles. The number of aromatic nitrogens is 2. The minimum atomic E-state index is 0.524. The van der Waals surface area contributed by atoms with Crippen LogP contribution in [0.2, 0.25) is 0 Å². The van der Waals surface area contributed by atoms with E-state index >= 15 is 0 Å².